The van der Waals surface area contributed by atoms with E-state index in [0.717, 1.165) is 19.4 Å². The van der Waals surface area contributed by atoms with Crippen LogP contribution in [0.3, 0.4) is 0 Å². The number of nitrogens with zero attached hydrogens (tertiary/aromatic N) is 5. The molecule has 0 spiro atoms. The van der Waals surface area contributed by atoms with Gasteiger partial charge in [0.2, 0.25) is 5.88 Å². The molecule has 0 unspecified atom stereocenters. The van der Waals surface area contributed by atoms with E-state index in [0.29, 0.717) is 23.7 Å². The van der Waals surface area contributed by atoms with E-state index in [4.69, 9.17) is 14.5 Å². The molecule has 7 rings (SSSR count). The molecule has 12 heteroatoms. The molecule has 4 atom stereocenters. The van der Waals surface area contributed by atoms with Crippen LogP contribution in [-0.2, 0) is 0 Å². The molecule has 3 aliphatic rings. The van der Waals surface area contributed by atoms with Gasteiger partial charge in [0, 0.05) is 36.0 Å². The number of aromatic nitrogens is 3. The van der Waals surface area contributed by atoms with Crippen molar-refractivity contribution in [1.29, 1.82) is 0 Å². The van der Waals surface area contributed by atoms with E-state index in [1.54, 1.807) is 11.8 Å². The highest BCUT2D eigenvalue weighted by molar-refractivity contribution is 6.05. The molecule has 2 N–H and O–H groups in total. The van der Waals surface area contributed by atoms with Crippen LogP contribution in [0.4, 0.5) is 19.0 Å². The van der Waals surface area contributed by atoms with Crippen LogP contribution in [0.25, 0.3) is 39.0 Å². The van der Waals surface area contributed by atoms with Crippen molar-refractivity contribution in [2.75, 3.05) is 37.7 Å². The number of halogens is 3. The number of rotatable bonds is 7. The SMILES string of the molecule is C=Cc1c(F)ccc2cc(O)cc(-c3nc4c5c(nc(OC[C@@]67CCCN6C[C@H](F)C7)nc5c3F)N(C[C@@H](C)O)[C@@H](C)CO4)c12. The van der Waals surface area contributed by atoms with Gasteiger partial charge in [-0.05, 0) is 56.8 Å². The van der Waals surface area contributed by atoms with Crippen LogP contribution in [0.2, 0.25) is 0 Å². The number of fused-ring (bicyclic) bond motifs is 2. The molecule has 0 bridgehead atoms. The number of anilines is 1. The number of alkyl halides is 1. The fourth-order valence-corrected chi connectivity index (χ4v) is 7.19. The molecule has 236 valence electrons. The lowest BCUT2D eigenvalue weighted by atomic mass is 9.95. The first-order chi connectivity index (χ1) is 21.6. The van der Waals surface area contributed by atoms with Gasteiger partial charge in [-0.25, -0.2) is 18.2 Å². The molecule has 2 aromatic carbocycles. The minimum atomic E-state index is -0.952. The average molecular weight is 622 g/mol. The number of hydrogen-bond acceptors (Lipinski definition) is 9. The molecule has 2 fully saturated rings. The van der Waals surface area contributed by atoms with E-state index < -0.39 is 29.4 Å². The van der Waals surface area contributed by atoms with Crippen molar-refractivity contribution >= 4 is 33.6 Å². The summed E-state index contributed by atoms with van der Waals surface area (Å²) in [5.74, 6) is -1.25. The lowest BCUT2D eigenvalue weighted by molar-refractivity contribution is 0.107. The number of phenols is 1. The molecule has 4 aromatic rings. The number of pyridine rings is 1. The topological polar surface area (TPSA) is 104 Å². The minimum absolute atomic E-state index is 0.0487. The fourth-order valence-electron chi connectivity index (χ4n) is 7.19. The average Bonchev–Trinajstić information content (AvgIpc) is 3.49. The Balaban J connectivity index is 1.45. The molecule has 3 aliphatic heterocycles. The highest BCUT2D eigenvalue weighted by Gasteiger charge is 2.49. The second-order valence-corrected chi connectivity index (χ2v) is 12.4. The summed E-state index contributed by atoms with van der Waals surface area (Å²) in [6.45, 7) is 8.83. The number of aliphatic hydroxyl groups excluding tert-OH is 1. The minimum Gasteiger partial charge on any atom is -0.508 e. The summed E-state index contributed by atoms with van der Waals surface area (Å²) in [5, 5.41) is 21.9. The second-order valence-electron chi connectivity index (χ2n) is 12.4. The maximum atomic E-state index is 16.9. The van der Waals surface area contributed by atoms with Gasteiger partial charge in [-0.15, -0.1) is 0 Å². The summed E-state index contributed by atoms with van der Waals surface area (Å²) in [7, 11) is 0. The van der Waals surface area contributed by atoms with Gasteiger partial charge in [0.1, 0.15) is 53.4 Å². The van der Waals surface area contributed by atoms with Gasteiger partial charge in [0.05, 0.1) is 17.7 Å². The Labute approximate surface area is 257 Å². The van der Waals surface area contributed by atoms with Crippen molar-refractivity contribution in [2.24, 2.45) is 0 Å². The Morgan fingerprint density at radius 2 is 2.04 bits per heavy atom. The molecule has 2 saturated heterocycles. The summed E-state index contributed by atoms with van der Waals surface area (Å²) in [6, 6.07) is 5.11. The van der Waals surface area contributed by atoms with Crippen LogP contribution < -0.4 is 14.4 Å². The largest absolute Gasteiger partial charge is 0.508 e. The first-order valence-corrected chi connectivity index (χ1v) is 15.2. The maximum Gasteiger partial charge on any atom is 0.319 e. The summed E-state index contributed by atoms with van der Waals surface area (Å²) >= 11 is 0. The molecule has 0 radical (unpaired) electrons. The zero-order valence-electron chi connectivity index (χ0n) is 25.1. The number of benzene rings is 2. The maximum absolute atomic E-state index is 16.9. The van der Waals surface area contributed by atoms with Crippen LogP contribution in [0.5, 0.6) is 17.6 Å². The van der Waals surface area contributed by atoms with Gasteiger partial charge in [-0.2, -0.15) is 9.97 Å². The molecular weight excluding hydrogens is 587 g/mol. The molecule has 9 nitrogen and oxygen atoms in total. The number of aromatic hydroxyl groups is 1. The lowest BCUT2D eigenvalue weighted by Gasteiger charge is -2.31. The predicted octanol–water partition coefficient (Wildman–Crippen LogP) is 5.40. The van der Waals surface area contributed by atoms with Crippen molar-refractivity contribution < 1.29 is 32.9 Å². The van der Waals surface area contributed by atoms with E-state index >= 15 is 4.39 Å². The van der Waals surface area contributed by atoms with E-state index in [1.807, 2.05) is 6.92 Å². The normalized spacial score (nSPS) is 23.6. The highest BCUT2D eigenvalue weighted by atomic mass is 19.1. The van der Waals surface area contributed by atoms with Crippen LogP contribution in [0, 0.1) is 11.6 Å². The first-order valence-electron chi connectivity index (χ1n) is 15.2. The van der Waals surface area contributed by atoms with Gasteiger partial charge in [0.15, 0.2) is 5.82 Å². The quantitative estimate of drug-likeness (QED) is 0.281. The number of β-amino-alcohol motifs (C(OH)–C–C–N with tert-alkyl or cyclic N) is 1. The Kier molecular flexibility index (Phi) is 7.24. The first kappa shape index (κ1) is 29.5. The summed E-state index contributed by atoms with van der Waals surface area (Å²) in [6.07, 6.45) is 1.66. The van der Waals surface area contributed by atoms with E-state index in [2.05, 4.69) is 21.4 Å². The van der Waals surface area contributed by atoms with Crippen molar-refractivity contribution in [1.82, 2.24) is 19.9 Å². The van der Waals surface area contributed by atoms with Crippen LogP contribution in [-0.4, -0.2) is 86.8 Å². The van der Waals surface area contributed by atoms with Gasteiger partial charge in [0.25, 0.3) is 0 Å². The van der Waals surface area contributed by atoms with Gasteiger partial charge in [-0.1, -0.05) is 18.7 Å². The zero-order valence-corrected chi connectivity index (χ0v) is 25.1. The van der Waals surface area contributed by atoms with E-state index in [1.165, 1.54) is 30.3 Å². The number of hydrogen-bond donors (Lipinski definition) is 2. The monoisotopic (exact) mass is 621 g/mol. The molecule has 2 aromatic heterocycles. The van der Waals surface area contributed by atoms with Crippen LogP contribution in [0.1, 0.15) is 38.7 Å². The molecule has 45 heavy (non-hydrogen) atoms. The summed E-state index contributed by atoms with van der Waals surface area (Å²) < 4.78 is 58.6. The highest BCUT2D eigenvalue weighted by Crippen LogP contribution is 2.44. The molecule has 0 aliphatic carbocycles. The molecule has 0 amide bonds. The molecule has 5 heterocycles. The fraction of sp³-hybridized carbons (Fsp3) is 0.424. The second kappa shape index (κ2) is 11.0. The van der Waals surface area contributed by atoms with Gasteiger partial charge < -0.3 is 24.6 Å². The van der Waals surface area contributed by atoms with Crippen LogP contribution in [0.15, 0.2) is 30.8 Å². The van der Waals surface area contributed by atoms with E-state index in [-0.39, 0.29) is 77.0 Å². The molecular formula is C33H34F3N5O4. The number of ether oxygens (including phenoxy) is 2. The van der Waals surface area contributed by atoms with Crippen LogP contribution >= 0.6 is 0 Å². The van der Waals surface area contributed by atoms with Crippen molar-refractivity contribution in [3.63, 3.8) is 0 Å². The third-order valence-corrected chi connectivity index (χ3v) is 9.22. The predicted molar refractivity (Wildman–Crippen MR) is 164 cm³/mol. The third-order valence-electron chi connectivity index (χ3n) is 9.22. The van der Waals surface area contributed by atoms with Crippen molar-refractivity contribution in [3.05, 3.63) is 48.0 Å². The Bertz CT molecular complexity index is 1840. The Hall–Kier alpha value is -4.16. The Morgan fingerprint density at radius 3 is 2.82 bits per heavy atom. The Morgan fingerprint density at radius 1 is 1.22 bits per heavy atom. The smallest absolute Gasteiger partial charge is 0.319 e. The number of phenolic OH excluding ortho intramolecular Hbond substituents is 1. The molecule has 0 saturated carbocycles. The van der Waals surface area contributed by atoms with Gasteiger partial charge >= 0.3 is 6.01 Å². The van der Waals surface area contributed by atoms with Crippen molar-refractivity contribution in [2.45, 2.75) is 57.0 Å². The summed E-state index contributed by atoms with van der Waals surface area (Å²) in [4.78, 5) is 17.7. The lowest BCUT2D eigenvalue weighted by Crippen LogP contribution is -2.43. The standard InChI is InChI=1S/C33H34F3N5O4/c1-4-22-24(35)7-6-19-10-21(43)11-23(25(19)22)28-27(36)29-26-30(41(13-18(3)42)17(2)15-44-31(26)37-28)39-32(38-29)45-16-33-8-5-9-40(33)14-20(34)12-33/h4,6-7,10-11,17-18,20,42-43H,1,5,8-9,12-16H2,2-3H3/t17-,18+,20+,33-/m0/s1. The number of aliphatic hydroxyl groups is 1. The van der Waals surface area contributed by atoms with Crippen molar-refractivity contribution in [3.8, 4) is 28.9 Å². The summed E-state index contributed by atoms with van der Waals surface area (Å²) in [5.41, 5.74) is -0.595. The van der Waals surface area contributed by atoms with E-state index in [9.17, 15) is 19.0 Å². The zero-order chi connectivity index (χ0) is 31.6. The third kappa shape index (κ3) is 4.91. The van der Waals surface area contributed by atoms with Gasteiger partial charge in [-0.3, -0.25) is 4.90 Å².